The summed E-state index contributed by atoms with van der Waals surface area (Å²) in [6, 6.07) is 0. The second kappa shape index (κ2) is 4.93. The number of nitrogens with zero attached hydrogens (tertiary/aromatic N) is 2. The van der Waals surface area contributed by atoms with E-state index in [9.17, 15) is 5.11 Å². The van der Waals surface area contributed by atoms with Crippen molar-refractivity contribution in [3.63, 3.8) is 0 Å². The number of rotatable bonds is 3. The average Bonchev–Trinajstić information content (AvgIpc) is 2.08. The zero-order valence-electron chi connectivity index (χ0n) is 7.44. The molecule has 2 unspecified atom stereocenters. The molecule has 1 heterocycles. The summed E-state index contributed by atoms with van der Waals surface area (Å²) in [5, 5.41) is 10.3. The summed E-state index contributed by atoms with van der Waals surface area (Å²) < 4.78 is 0.868. The Bertz CT molecular complexity index is 283. The number of halogens is 1. The molecule has 1 rings (SSSR count). The predicted octanol–water partition coefficient (Wildman–Crippen LogP) is 2.10. The molecule has 2 atom stereocenters. The van der Waals surface area contributed by atoms with Gasteiger partial charge in [0.1, 0.15) is 11.4 Å². The van der Waals surface area contributed by atoms with Gasteiger partial charge in [-0.3, -0.25) is 0 Å². The molecule has 0 amide bonds. The first-order valence-electron chi connectivity index (χ1n) is 3.91. The van der Waals surface area contributed by atoms with E-state index in [4.69, 9.17) is 0 Å². The number of hydrogen-bond acceptors (Lipinski definition) is 4. The van der Waals surface area contributed by atoms with E-state index in [1.54, 1.807) is 13.1 Å². The number of hydrogen-bond donors (Lipinski definition) is 1. The van der Waals surface area contributed by atoms with Crippen molar-refractivity contribution in [2.75, 3.05) is 0 Å². The van der Waals surface area contributed by atoms with E-state index in [1.165, 1.54) is 18.1 Å². The summed E-state index contributed by atoms with van der Waals surface area (Å²) in [6.07, 6.45) is 2.86. The molecule has 0 aromatic carbocycles. The second-order valence-electron chi connectivity index (χ2n) is 2.74. The van der Waals surface area contributed by atoms with Gasteiger partial charge in [-0.25, -0.2) is 9.97 Å². The van der Waals surface area contributed by atoms with Crippen LogP contribution in [-0.4, -0.2) is 26.4 Å². The van der Waals surface area contributed by atoms with Gasteiger partial charge in [0, 0.05) is 11.4 Å². The first-order chi connectivity index (χ1) is 6.11. The van der Waals surface area contributed by atoms with Gasteiger partial charge >= 0.3 is 0 Å². The van der Waals surface area contributed by atoms with Crippen LogP contribution in [0, 0.1) is 0 Å². The highest BCUT2D eigenvalue weighted by atomic mass is 79.9. The van der Waals surface area contributed by atoms with Crippen LogP contribution in [0.15, 0.2) is 22.0 Å². The van der Waals surface area contributed by atoms with E-state index in [-0.39, 0.29) is 11.4 Å². The van der Waals surface area contributed by atoms with Gasteiger partial charge in [0.25, 0.3) is 0 Å². The molecular formula is C8H11BrN2OS. The van der Waals surface area contributed by atoms with E-state index in [1.807, 2.05) is 6.92 Å². The van der Waals surface area contributed by atoms with Crippen LogP contribution in [-0.2, 0) is 0 Å². The third-order valence-corrected chi connectivity index (χ3v) is 3.77. The van der Waals surface area contributed by atoms with Crippen molar-refractivity contribution < 1.29 is 5.11 Å². The van der Waals surface area contributed by atoms with Crippen molar-refractivity contribution >= 4 is 27.7 Å². The quantitative estimate of drug-likeness (QED) is 0.670. The topological polar surface area (TPSA) is 46.0 Å². The summed E-state index contributed by atoms with van der Waals surface area (Å²) in [6.45, 7) is 3.73. The highest BCUT2D eigenvalue weighted by Gasteiger charge is 2.12. The Labute approximate surface area is 90.1 Å². The molecule has 0 fully saturated rings. The Morgan fingerprint density at radius 1 is 1.54 bits per heavy atom. The molecule has 1 aromatic heterocycles. The Morgan fingerprint density at radius 2 is 2.23 bits per heavy atom. The summed E-state index contributed by atoms with van der Waals surface area (Å²) in [4.78, 5) is 7.96. The Kier molecular flexibility index (Phi) is 4.15. The summed E-state index contributed by atoms with van der Waals surface area (Å²) in [7, 11) is 0. The monoisotopic (exact) mass is 262 g/mol. The van der Waals surface area contributed by atoms with Crippen LogP contribution in [0.5, 0.6) is 0 Å². The first kappa shape index (κ1) is 10.9. The number of aliphatic hydroxyl groups is 1. The highest BCUT2D eigenvalue weighted by Crippen LogP contribution is 2.28. The predicted molar refractivity (Wildman–Crippen MR) is 56.7 cm³/mol. The van der Waals surface area contributed by atoms with Crippen molar-refractivity contribution in [2.24, 2.45) is 0 Å². The van der Waals surface area contributed by atoms with E-state index in [0.29, 0.717) is 0 Å². The van der Waals surface area contributed by atoms with Crippen LogP contribution in [0.3, 0.4) is 0 Å². The molecule has 1 aromatic rings. The molecule has 0 spiro atoms. The molecule has 3 nitrogen and oxygen atoms in total. The Hall–Kier alpha value is -0.130. The average molecular weight is 263 g/mol. The minimum absolute atomic E-state index is 0.131. The summed E-state index contributed by atoms with van der Waals surface area (Å²) >= 11 is 4.88. The summed E-state index contributed by atoms with van der Waals surface area (Å²) in [5.74, 6) is 0. The van der Waals surface area contributed by atoms with Crippen LogP contribution < -0.4 is 0 Å². The third-order valence-electron chi connectivity index (χ3n) is 1.61. The van der Waals surface area contributed by atoms with Crippen LogP contribution in [0.1, 0.15) is 13.8 Å². The van der Waals surface area contributed by atoms with Gasteiger partial charge in [0.2, 0.25) is 0 Å². The standard InChI is InChI=1S/C8H11BrN2OS/c1-5(12)6(2)13-8-7(9)3-10-4-11-8/h3-6,12H,1-2H3. The molecule has 13 heavy (non-hydrogen) atoms. The van der Waals surface area contributed by atoms with Crippen molar-refractivity contribution in [3.05, 3.63) is 17.0 Å². The molecule has 0 aliphatic rings. The minimum Gasteiger partial charge on any atom is -0.392 e. The maximum atomic E-state index is 9.29. The lowest BCUT2D eigenvalue weighted by molar-refractivity contribution is 0.196. The second-order valence-corrected chi connectivity index (χ2v) is 4.96. The third kappa shape index (κ3) is 3.25. The fraction of sp³-hybridized carbons (Fsp3) is 0.500. The Balaban J connectivity index is 2.69. The number of thioether (sulfide) groups is 1. The molecule has 0 bridgehead atoms. The number of aromatic nitrogens is 2. The van der Waals surface area contributed by atoms with Gasteiger partial charge in [-0.05, 0) is 22.9 Å². The van der Waals surface area contributed by atoms with Gasteiger partial charge in [-0.2, -0.15) is 0 Å². The molecular weight excluding hydrogens is 252 g/mol. The lowest BCUT2D eigenvalue weighted by Gasteiger charge is -2.13. The fourth-order valence-corrected chi connectivity index (χ4v) is 1.99. The van der Waals surface area contributed by atoms with Gasteiger partial charge in [-0.15, -0.1) is 0 Å². The highest BCUT2D eigenvalue weighted by molar-refractivity contribution is 9.10. The van der Waals surface area contributed by atoms with Crippen molar-refractivity contribution in [1.82, 2.24) is 9.97 Å². The fourth-order valence-electron chi connectivity index (χ4n) is 0.663. The van der Waals surface area contributed by atoms with Crippen molar-refractivity contribution in [2.45, 2.75) is 30.2 Å². The maximum absolute atomic E-state index is 9.29. The van der Waals surface area contributed by atoms with Crippen LogP contribution in [0.25, 0.3) is 0 Å². The first-order valence-corrected chi connectivity index (χ1v) is 5.58. The molecule has 0 saturated heterocycles. The van der Waals surface area contributed by atoms with Crippen LogP contribution in [0.2, 0.25) is 0 Å². The molecule has 0 aliphatic carbocycles. The van der Waals surface area contributed by atoms with Crippen LogP contribution in [0.4, 0.5) is 0 Å². The molecule has 72 valence electrons. The molecule has 0 aliphatic heterocycles. The maximum Gasteiger partial charge on any atom is 0.116 e. The van der Waals surface area contributed by atoms with Gasteiger partial charge in [0.15, 0.2) is 0 Å². The lowest BCUT2D eigenvalue weighted by Crippen LogP contribution is -2.15. The Morgan fingerprint density at radius 3 is 2.77 bits per heavy atom. The largest absolute Gasteiger partial charge is 0.392 e. The number of aliphatic hydroxyl groups excluding tert-OH is 1. The van der Waals surface area contributed by atoms with E-state index in [2.05, 4.69) is 25.9 Å². The van der Waals surface area contributed by atoms with Crippen molar-refractivity contribution in [1.29, 1.82) is 0 Å². The van der Waals surface area contributed by atoms with Gasteiger partial charge in [-0.1, -0.05) is 18.7 Å². The zero-order valence-corrected chi connectivity index (χ0v) is 9.84. The van der Waals surface area contributed by atoms with E-state index in [0.717, 1.165) is 9.50 Å². The smallest absolute Gasteiger partial charge is 0.116 e. The SMILES string of the molecule is CC(O)C(C)Sc1ncncc1Br. The normalized spacial score (nSPS) is 15.4. The van der Waals surface area contributed by atoms with Gasteiger partial charge < -0.3 is 5.11 Å². The van der Waals surface area contributed by atoms with Gasteiger partial charge in [0.05, 0.1) is 10.6 Å². The molecule has 1 N–H and O–H groups in total. The molecule has 0 saturated carbocycles. The lowest BCUT2D eigenvalue weighted by atomic mass is 10.3. The minimum atomic E-state index is -0.341. The van der Waals surface area contributed by atoms with E-state index < -0.39 is 0 Å². The molecule has 0 radical (unpaired) electrons. The summed E-state index contributed by atoms with van der Waals surface area (Å²) in [5.41, 5.74) is 0. The van der Waals surface area contributed by atoms with Crippen LogP contribution >= 0.6 is 27.7 Å². The zero-order chi connectivity index (χ0) is 9.84. The van der Waals surface area contributed by atoms with E-state index >= 15 is 0 Å². The van der Waals surface area contributed by atoms with Crippen molar-refractivity contribution in [3.8, 4) is 0 Å². The molecule has 5 heteroatoms.